The van der Waals surface area contributed by atoms with E-state index in [1.54, 1.807) is 0 Å². The van der Waals surface area contributed by atoms with Crippen LogP contribution in [-0.2, 0) is 16.0 Å². The Balaban J connectivity index is 2.89. The van der Waals surface area contributed by atoms with Gasteiger partial charge in [0.25, 0.3) is 0 Å². The average Bonchev–Trinajstić information content (AvgIpc) is 2.49. The Hall–Kier alpha value is -1.88. The highest BCUT2D eigenvalue weighted by molar-refractivity contribution is 5.80. The molecule has 0 radical (unpaired) electrons. The summed E-state index contributed by atoms with van der Waals surface area (Å²) in [5.41, 5.74) is 5.65. The molecule has 5 nitrogen and oxygen atoms in total. The van der Waals surface area contributed by atoms with Crippen molar-refractivity contribution in [1.29, 1.82) is 0 Å². The maximum atomic E-state index is 11.7. The quantitative estimate of drug-likeness (QED) is 0.617. The van der Waals surface area contributed by atoms with E-state index in [4.69, 9.17) is 10.8 Å². The number of aryl methyl sites for hydroxylation is 1. The van der Waals surface area contributed by atoms with Gasteiger partial charge in [-0.2, -0.15) is 0 Å². The average molecular weight is 307 g/mol. The Bertz CT molecular complexity index is 489. The van der Waals surface area contributed by atoms with Crippen molar-refractivity contribution in [2.75, 3.05) is 0 Å². The highest BCUT2D eigenvalue weighted by Crippen LogP contribution is 2.29. The van der Waals surface area contributed by atoms with Crippen LogP contribution in [0.1, 0.15) is 44.6 Å². The normalized spacial score (nSPS) is 15.0. The number of carboxylic acid groups (broad SMARTS) is 2. The zero-order valence-corrected chi connectivity index (χ0v) is 13.0. The van der Waals surface area contributed by atoms with Gasteiger partial charge in [-0.25, -0.2) is 0 Å². The maximum Gasteiger partial charge on any atom is 0.323 e. The first kappa shape index (κ1) is 18.2. The van der Waals surface area contributed by atoms with E-state index in [0.717, 1.165) is 18.4 Å². The number of aliphatic carboxylic acids is 2. The smallest absolute Gasteiger partial charge is 0.323 e. The van der Waals surface area contributed by atoms with E-state index in [1.165, 1.54) is 0 Å². The molecule has 1 rings (SSSR count). The Morgan fingerprint density at radius 2 is 1.86 bits per heavy atom. The summed E-state index contributed by atoms with van der Waals surface area (Å²) in [5, 5.41) is 18.6. The third-order valence-corrected chi connectivity index (χ3v) is 4.12. The second-order valence-corrected chi connectivity index (χ2v) is 5.77. The van der Waals surface area contributed by atoms with Crippen LogP contribution >= 0.6 is 0 Å². The maximum absolute atomic E-state index is 11.7. The number of nitrogens with two attached hydrogens (primary N) is 1. The minimum Gasteiger partial charge on any atom is -0.481 e. The van der Waals surface area contributed by atoms with Crippen LogP contribution in [-0.4, -0.2) is 27.7 Å². The monoisotopic (exact) mass is 307 g/mol. The highest BCUT2D eigenvalue weighted by Gasteiger charge is 2.42. The van der Waals surface area contributed by atoms with E-state index < -0.39 is 23.4 Å². The summed E-state index contributed by atoms with van der Waals surface area (Å²) >= 11 is 0. The Morgan fingerprint density at radius 3 is 2.36 bits per heavy atom. The van der Waals surface area contributed by atoms with Crippen molar-refractivity contribution < 1.29 is 19.8 Å². The largest absolute Gasteiger partial charge is 0.481 e. The summed E-state index contributed by atoms with van der Waals surface area (Å²) in [6.07, 6.45) is 2.71. The van der Waals surface area contributed by atoms with Gasteiger partial charge in [0.15, 0.2) is 0 Å². The molecule has 5 heteroatoms. The van der Waals surface area contributed by atoms with Crippen LogP contribution in [0, 0.1) is 5.92 Å². The van der Waals surface area contributed by atoms with Gasteiger partial charge in [-0.15, -0.1) is 0 Å². The molecule has 0 saturated heterocycles. The lowest BCUT2D eigenvalue weighted by molar-refractivity contribution is -0.148. The number of carboxylic acids is 2. The van der Waals surface area contributed by atoms with E-state index in [2.05, 4.69) is 0 Å². The second kappa shape index (κ2) is 8.54. The van der Waals surface area contributed by atoms with Crippen LogP contribution in [0.2, 0.25) is 0 Å². The topological polar surface area (TPSA) is 101 Å². The van der Waals surface area contributed by atoms with Gasteiger partial charge in [0.05, 0.1) is 6.42 Å². The summed E-state index contributed by atoms with van der Waals surface area (Å²) in [4.78, 5) is 22.8. The number of hydrogen-bond acceptors (Lipinski definition) is 3. The molecule has 1 aromatic rings. The molecular weight excluding hydrogens is 282 g/mol. The van der Waals surface area contributed by atoms with Gasteiger partial charge in [-0.3, -0.25) is 9.59 Å². The van der Waals surface area contributed by atoms with Crippen LogP contribution in [0.15, 0.2) is 30.3 Å². The molecule has 2 atom stereocenters. The number of unbranched alkanes of at least 4 members (excludes halogenated alkanes) is 1. The fourth-order valence-electron chi connectivity index (χ4n) is 2.68. The molecule has 0 amide bonds. The number of carbonyl (C=O) groups is 2. The van der Waals surface area contributed by atoms with Crippen molar-refractivity contribution in [2.45, 2.75) is 51.0 Å². The van der Waals surface area contributed by atoms with Gasteiger partial charge in [-0.05, 0) is 30.7 Å². The molecule has 0 heterocycles. The molecule has 0 saturated carbocycles. The molecular formula is C17H25NO4. The van der Waals surface area contributed by atoms with Crippen molar-refractivity contribution in [2.24, 2.45) is 11.7 Å². The molecule has 0 aliphatic carbocycles. The summed E-state index contributed by atoms with van der Waals surface area (Å²) in [7, 11) is 0. The summed E-state index contributed by atoms with van der Waals surface area (Å²) in [6.45, 7) is 1.99. The molecule has 1 aromatic carbocycles. The lowest BCUT2D eigenvalue weighted by Crippen LogP contribution is -2.55. The molecule has 4 N–H and O–H groups in total. The Morgan fingerprint density at radius 1 is 1.23 bits per heavy atom. The van der Waals surface area contributed by atoms with Crippen LogP contribution < -0.4 is 5.73 Å². The Kier molecular flexibility index (Phi) is 7.05. The third-order valence-electron chi connectivity index (χ3n) is 4.12. The van der Waals surface area contributed by atoms with Gasteiger partial charge in [-0.1, -0.05) is 50.1 Å². The first-order valence-corrected chi connectivity index (χ1v) is 7.68. The molecule has 0 fully saturated rings. The highest BCUT2D eigenvalue weighted by atomic mass is 16.4. The lowest BCUT2D eigenvalue weighted by atomic mass is 9.75. The summed E-state index contributed by atoms with van der Waals surface area (Å²) in [5.74, 6) is -2.69. The standard InChI is InChI=1S/C17H25NO4/c1-2-3-9-14(12-15(19)20)17(18,16(21)22)11-10-13-7-5-4-6-8-13/h4-8,14H,2-3,9-12,18H2,1H3,(H,19,20)(H,21,22)/t14-,17+/m1/s1. The molecule has 0 aliphatic heterocycles. The minimum atomic E-state index is -1.51. The first-order chi connectivity index (χ1) is 10.4. The zero-order valence-electron chi connectivity index (χ0n) is 13.0. The van der Waals surface area contributed by atoms with Gasteiger partial charge < -0.3 is 15.9 Å². The van der Waals surface area contributed by atoms with Gasteiger partial charge in [0, 0.05) is 0 Å². The van der Waals surface area contributed by atoms with E-state index >= 15 is 0 Å². The molecule has 0 aliphatic rings. The van der Waals surface area contributed by atoms with Crippen molar-refractivity contribution in [3.63, 3.8) is 0 Å². The fraction of sp³-hybridized carbons (Fsp3) is 0.529. The third kappa shape index (κ3) is 5.15. The van der Waals surface area contributed by atoms with E-state index in [9.17, 15) is 14.7 Å². The van der Waals surface area contributed by atoms with Crippen molar-refractivity contribution in [3.8, 4) is 0 Å². The molecule has 0 aromatic heterocycles. The van der Waals surface area contributed by atoms with E-state index in [1.807, 2.05) is 37.3 Å². The molecule has 0 spiro atoms. The first-order valence-electron chi connectivity index (χ1n) is 7.68. The SMILES string of the molecule is CCCC[C@H](CC(=O)O)[C@@](N)(CCc1ccccc1)C(=O)O. The van der Waals surface area contributed by atoms with Crippen LogP contribution in [0.4, 0.5) is 0 Å². The zero-order chi connectivity index (χ0) is 16.6. The predicted molar refractivity (Wildman–Crippen MR) is 84.6 cm³/mol. The lowest BCUT2D eigenvalue weighted by Gasteiger charge is -2.33. The summed E-state index contributed by atoms with van der Waals surface area (Å²) < 4.78 is 0. The van der Waals surface area contributed by atoms with Gasteiger partial charge >= 0.3 is 11.9 Å². The number of rotatable bonds is 10. The molecule has 22 heavy (non-hydrogen) atoms. The Labute approximate surface area is 131 Å². The molecule has 0 bridgehead atoms. The summed E-state index contributed by atoms with van der Waals surface area (Å²) in [6, 6.07) is 9.51. The van der Waals surface area contributed by atoms with E-state index in [0.29, 0.717) is 12.8 Å². The second-order valence-electron chi connectivity index (χ2n) is 5.77. The van der Waals surface area contributed by atoms with Crippen molar-refractivity contribution in [3.05, 3.63) is 35.9 Å². The van der Waals surface area contributed by atoms with Crippen molar-refractivity contribution in [1.82, 2.24) is 0 Å². The fourth-order valence-corrected chi connectivity index (χ4v) is 2.68. The van der Waals surface area contributed by atoms with Gasteiger partial charge in [0.1, 0.15) is 5.54 Å². The number of benzene rings is 1. The van der Waals surface area contributed by atoms with Crippen LogP contribution in [0.3, 0.4) is 0 Å². The predicted octanol–water partition coefficient (Wildman–Crippen LogP) is 2.68. The van der Waals surface area contributed by atoms with Crippen LogP contribution in [0.25, 0.3) is 0 Å². The molecule has 122 valence electrons. The van der Waals surface area contributed by atoms with Gasteiger partial charge in [0.2, 0.25) is 0 Å². The minimum absolute atomic E-state index is 0.211. The van der Waals surface area contributed by atoms with Crippen molar-refractivity contribution >= 4 is 11.9 Å². The molecule has 0 unspecified atom stereocenters. The van der Waals surface area contributed by atoms with E-state index in [-0.39, 0.29) is 12.8 Å². The van der Waals surface area contributed by atoms with Crippen LogP contribution in [0.5, 0.6) is 0 Å². The number of hydrogen-bond donors (Lipinski definition) is 3.